The van der Waals surface area contributed by atoms with Crippen LogP contribution in [0.1, 0.15) is 12.8 Å². The van der Waals surface area contributed by atoms with Gasteiger partial charge in [-0.15, -0.1) is 0 Å². The predicted octanol–water partition coefficient (Wildman–Crippen LogP) is 2.41. The molecular formula is C10H11F2NOS. The van der Waals surface area contributed by atoms with Crippen molar-refractivity contribution in [2.45, 2.75) is 12.8 Å². The Bertz CT molecular complexity index is 357. The number of halogens is 2. The minimum absolute atomic E-state index is 0.0411. The average molecular weight is 231 g/mol. The van der Waals surface area contributed by atoms with Crippen molar-refractivity contribution in [1.82, 2.24) is 0 Å². The van der Waals surface area contributed by atoms with Crippen molar-refractivity contribution in [2.24, 2.45) is 5.73 Å². The lowest BCUT2D eigenvalue weighted by Gasteiger charge is -2.06. The van der Waals surface area contributed by atoms with Crippen LogP contribution in [0, 0.1) is 11.6 Å². The highest BCUT2D eigenvalue weighted by Crippen LogP contribution is 2.17. The number of thiocarbonyl (C=S) groups is 1. The third-order valence-electron chi connectivity index (χ3n) is 1.72. The van der Waals surface area contributed by atoms with E-state index in [-0.39, 0.29) is 5.75 Å². The molecule has 0 bridgehead atoms. The zero-order valence-corrected chi connectivity index (χ0v) is 8.82. The van der Waals surface area contributed by atoms with Crippen molar-refractivity contribution in [3.8, 4) is 5.75 Å². The average Bonchev–Trinajstić information content (AvgIpc) is 2.14. The quantitative estimate of drug-likeness (QED) is 0.624. The van der Waals surface area contributed by atoms with Gasteiger partial charge in [-0.05, 0) is 18.6 Å². The fourth-order valence-electron chi connectivity index (χ4n) is 1.02. The van der Waals surface area contributed by atoms with Crippen LogP contribution in [0.25, 0.3) is 0 Å². The largest absolute Gasteiger partial charge is 0.491 e. The summed E-state index contributed by atoms with van der Waals surface area (Å²) in [7, 11) is 0. The summed E-state index contributed by atoms with van der Waals surface area (Å²) in [5.41, 5.74) is 5.27. The molecule has 82 valence electrons. The number of hydrogen-bond donors (Lipinski definition) is 1. The molecule has 15 heavy (non-hydrogen) atoms. The minimum Gasteiger partial charge on any atom is -0.491 e. The van der Waals surface area contributed by atoms with Crippen molar-refractivity contribution in [2.75, 3.05) is 6.61 Å². The lowest BCUT2D eigenvalue weighted by molar-refractivity contribution is 0.297. The van der Waals surface area contributed by atoms with Crippen molar-refractivity contribution in [3.05, 3.63) is 29.8 Å². The highest BCUT2D eigenvalue weighted by atomic mass is 32.1. The Morgan fingerprint density at radius 3 is 2.73 bits per heavy atom. The number of nitrogens with two attached hydrogens (primary N) is 1. The predicted molar refractivity (Wildman–Crippen MR) is 57.9 cm³/mol. The van der Waals surface area contributed by atoms with Crippen molar-refractivity contribution in [1.29, 1.82) is 0 Å². The second kappa shape index (κ2) is 5.60. The number of benzene rings is 1. The molecule has 0 spiro atoms. The molecule has 5 heteroatoms. The first kappa shape index (κ1) is 11.8. The van der Waals surface area contributed by atoms with Gasteiger partial charge in [0, 0.05) is 12.5 Å². The van der Waals surface area contributed by atoms with Crippen LogP contribution in [0.15, 0.2) is 18.2 Å². The smallest absolute Gasteiger partial charge is 0.167 e. The van der Waals surface area contributed by atoms with E-state index in [0.29, 0.717) is 24.4 Å². The van der Waals surface area contributed by atoms with Crippen LogP contribution in [-0.4, -0.2) is 11.6 Å². The molecule has 0 radical (unpaired) electrons. The molecule has 0 unspecified atom stereocenters. The molecule has 1 aromatic rings. The van der Waals surface area contributed by atoms with Crippen molar-refractivity contribution >= 4 is 17.2 Å². The highest BCUT2D eigenvalue weighted by Gasteiger charge is 2.04. The van der Waals surface area contributed by atoms with Gasteiger partial charge in [0.25, 0.3) is 0 Å². The van der Waals surface area contributed by atoms with Gasteiger partial charge in [0.15, 0.2) is 11.6 Å². The summed E-state index contributed by atoms with van der Waals surface area (Å²) in [5, 5.41) is 0. The lowest BCUT2D eigenvalue weighted by Crippen LogP contribution is -2.09. The van der Waals surface area contributed by atoms with Crippen LogP contribution in [0.3, 0.4) is 0 Å². The second-order valence-corrected chi connectivity index (χ2v) is 3.52. The molecule has 0 aliphatic carbocycles. The monoisotopic (exact) mass is 231 g/mol. The van der Waals surface area contributed by atoms with Crippen molar-refractivity contribution < 1.29 is 13.5 Å². The molecule has 0 saturated carbocycles. The Kier molecular flexibility index (Phi) is 4.42. The molecular weight excluding hydrogens is 220 g/mol. The van der Waals surface area contributed by atoms with E-state index < -0.39 is 11.6 Å². The molecule has 0 aliphatic rings. The molecule has 0 atom stereocenters. The number of hydrogen-bond acceptors (Lipinski definition) is 2. The van der Waals surface area contributed by atoms with Crippen LogP contribution < -0.4 is 10.5 Å². The van der Waals surface area contributed by atoms with Crippen LogP contribution in [-0.2, 0) is 0 Å². The third-order valence-corrected chi connectivity index (χ3v) is 1.92. The van der Waals surface area contributed by atoms with E-state index >= 15 is 0 Å². The summed E-state index contributed by atoms with van der Waals surface area (Å²) in [6, 6.07) is 3.18. The van der Waals surface area contributed by atoms with Gasteiger partial charge in [-0.1, -0.05) is 12.2 Å². The highest BCUT2D eigenvalue weighted by molar-refractivity contribution is 7.80. The fourth-order valence-corrected chi connectivity index (χ4v) is 1.17. The maximum absolute atomic E-state index is 13.0. The van der Waals surface area contributed by atoms with Gasteiger partial charge in [-0.25, -0.2) is 8.78 Å². The molecule has 0 aliphatic heterocycles. The Balaban J connectivity index is 2.40. The topological polar surface area (TPSA) is 35.2 Å². The fraction of sp³-hybridized carbons (Fsp3) is 0.300. The number of ether oxygens (including phenoxy) is 1. The zero-order chi connectivity index (χ0) is 11.3. The second-order valence-electron chi connectivity index (χ2n) is 2.99. The molecule has 0 fully saturated rings. The Morgan fingerprint density at radius 1 is 1.40 bits per heavy atom. The van der Waals surface area contributed by atoms with Gasteiger partial charge in [0.05, 0.1) is 11.6 Å². The van der Waals surface area contributed by atoms with Gasteiger partial charge in [-0.3, -0.25) is 0 Å². The van der Waals surface area contributed by atoms with E-state index in [1.165, 1.54) is 6.07 Å². The lowest BCUT2D eigenvalue weighted by atomic mass is 10.3. The summed E-state index contributed by atoms with van der Waals surface area (Å²) in [4.78, 5) is 0.401. The van der Waals surface area contributed by atoms with E-state index in [1.54, 1.807) is 0 Å². The molecule has 0 aromatic heterocycles. The van der Waals surface area contributed by atoms with E-state index in [0.717, 1.165) is 12.1 Å². The summed E-state index contributed by atoms with van der Waals surface area (Å²) in [5.74, 6) is -1.28. The Morgan fingerprint density at radius 2 is 2.13 bits per heavy atom. The zero-order valence-electron chi connectivity index (χ0n) is 8.00. The van der Waals surface area contributed by atoms with Gasteiger partial charge >= 0.3 is 0 Å². The third kappa shape index (κ3) is 4.20. The van der Waals surface area contributed by atoms with Gasteiger partial charge in [0.1, 0.15) is 5.82 Å². The Hall–Kier alpha value is -1.23. The normalized spacial score (nSPS) is 10.0. The summed E-state index contributed by atoms with van der Waals surface area (Å²) in [6.07, 6.45) is 1.17. The molecule has 0 amide bonds. The molecule has 1 rings (SSSR count). The van der Waals surface area contributed by atoms with Crippen LogP contribution >= 0.6 is 12.2 Å². The van der Waals surface area contributed by atoms with E-state index in [1.807, 2.05) is 0 Å². The Labute approximate surface area is 92.0 Å². The van der Waals surface area contributed by atoms with Gasteiger partial charge in [-0.2, -0.15) is 0 Å². The SMILES string of the molecule is NC(=S)CCCOc1ccc(F)cc1F. The molecule has 1 aromatic carbocycles. The molecule has 0 heterocycles. The minimum atomic E-state index is -0.703. The first-order valence-electron chi connectivity index (χ1n) is 4.46. The summed E-state index contributed by atoms with van der Waals surface area (Å²) in [6.45, 7) is 0.305. The van der Waals surface area contributed by atoms with Crippen molar-refractivity contribution in [3.63, 3.8) is 0 Å². The molecule has 2 N–H and O–H groups in total. The van der Waals surface area contributed by atoms with Gasteiger partial charge < -0.3 is 10.5 Å². The maximum atomic E-state index is 13.0. The van der Waals surface area contributed by atoms with E-state index in [4.69, 9.17) is 10.5 Å². The van der Waals surface area contributed by atoms with Gasteiger partial charge in [0.2, 0.25) is 0 Å². The first-order chi connectivity index (χ1) is 7.09. The number of rotatable bonds is 5. The summed E-state index contributed by atoms with van der Waals surface area (Å²) >= 11 is 4.67. The van der Waals surface area contributed by atoms with Crippen LogP contribution in [0.2, 0.25) is 0 Å². The molecule has 0 saturated heterocycles. The maximum Gasteiger partial charge on any atom is 0.167 e. The summed E-state index contributed by atoms with van der Waals surface area (Å²) < 4.78 is 30.6. The standard InChI is InChI=1S/C10H11F2NOS/c11-7-3-4-9(8(12)6-7)14-5-1-2-10(13)15/h3-4,6H,1-2,5H2,(H2,13,15). The van der Waals surface area contributed by atoms with E-state index in [2.05, 4.69) is 12.2 Å². The first-order valence-corrected chi connectivity index (χ1v) is 4.86. The van der Waals surface area contributed by atoms with Crippen LogP contribution in [0.4, 0.5) is 8.78 Å². The van der Waals surface area contributed by atoms with Crippen LogP contribution in [0.5, 0.6) is 5.75 Å². The molecule has 2 nitrogen and oxygen atoms in total. The van der Waals surface area contributed by atoms with E-state index in [9.17, 15) is 8.78 Å².